The van der Waals surface area contributed by atoms with Gasteiger partial charge in [-0.3, -0.25) is 4.79 Å². The van der Waals surface area contributed by atoms with Gasteiger partial charge in [-0.15, -0.1) is 0 Å². The summed E-state index contributed by atoms with van der Waals surface area (Å²) in [5.74, 6) is 0.536. The summed E-state index contributed by atoms with van der Waals surface area (Å²) in [4.78, 5) is 30.0. The summed E-state index contributed by atoms with van der Waals surface area (Å²) in [5, 5.41) is 8.01. The lowest BCUT2D eigenvalue weighted by molar-refractivity contribution is -0.116. The molecule has 0 fully saturated rings. The summed E-state index contributed by atoms with van der Waals surface area (Å²) in [5.41, 5.74) is 5.59. The molecular formula is C23H21N7OS. The second-order valence-corrected chi connectivity index (χ2v) is 8.53. The van der Waals surface area contributed by atoms with Gasteiger partial charge >= 0.3 is 0 Å². The predicted octanol–water partition coefficient (Wildman–Crippen LogP) is 4.34. The molecule has 3 heterocycles. The van der Waals surface area contributed by atoms with Crippen LogP contribution in [-0.2, 0) is 11.2 Å². The number of nitrogens with zero attached hydrogens (tertiary/aromatic N) is 5. The van der Waals surface area contributed by atoms with Crippen LogP contribution < -0.4 is 5.32 Å². The number of amides is 1. The number of anilines is 1. The third kappa shape index (κ3) is 4.06. The van der Waals surface area contributed by atoms with Gasteiger partial charge in [-0.25, -0.2) is 14.5 Å². The van der Waals surface area contributed by atoms with E-state index in [1.807, 2.05) is 62.4 Å². The smallest absolute Gasteiger partial charge is 0.252 e. The van der Waals surface area contributed by atoms with Crippen LogP contribution in [0.4, 0.5) is 5.69 Å². The molecule has 0 unspecified atom stereocenters. The van der Waals surface area contributed by atoms with E-state index in [-0.39, 0.29) is 5.91 Å². The van der Waals surface area contributed by atoms with Crippen molar-refractivity contribution in [2.75, 3.05) is 5.32 Å². The molecule has 0 aliphatic rings. The van der Waals surface area contributed by atoms with Crippen LogP contribution in [0.3, 0.4) is 0 Å². The Kier molecular flexibility index (Phi) is 5.32. The lowest BCUT2D eigenvalue weighted by atomic mass is 10.1. The van der Waals surface area contributed by atoms with E-state index in [1.54, 1.807) is 16.3 Å². The van der Waals surface area contributed by atoms with Crippen LogP contribution >= 0.6 is 11.8 Å². The van der Waals surface area contributed by atoms with Gasteiger partial charge in [0.05, 0.1) is 11.0 Å². The minimum Gasteiger partial charge on any atom is -0.333 e. The van der Waals surface area contributed by atoms with Gasteiger partial charge in [-0.2, -0.15) is 10.1 Å². The summed E-state index contributed by atoms with van der Waals surface area (Å²) in [6.07, 6.45) is 2.44. The van der Waals surface area contributed by atoms with Crippen molar-refractivity contribution in [1.82, 2.24) is 29.5 Å². The number of hydrogen-bond acceptors (Lipinski definition) is 6. The highest BCUT2D eigenvalue weighted by Crippen LogP contribution is 2.28. The summed E-state index contributed by atoms with van der Waals surface area (Å²) in [7, 11) is 0. The average molecular weight is 444 g/mol. The molecule has 32 heavy (non-hydrogen) atoms. The maximum absolute atomic E-state index is 12.5. The Labute approximate surface area is 188 Å². The Morgan fingerprint density at radius 1 is 1.09 bits per heavy atom. The third-order valence-corrected chi connectivity index (χ3v) is 6.21. The van der Waals surface area contributed by atoms with E-state index in [0.29, 0.717) is 18.6 Å². The number of para-hydroxylation sites is 2. The zero-order chi connectivity index (χ0) is 22.1. The largest absolute Gasteiger partial charge is 0.333 e. The summed E-state index contributed by atoms with van der Waals surface area (Å²) in [6, 6.07) is 15.7. The number of aryl methyl sites for hydroxylation is 2. The summed E-state index contributed by atoms with van der Waals surface area (Å²) in [6.45, 7) is 3.91. The highest BCUT2D eigenvalue weighted by Gasteiger charge is 2.13. The minimum absolute atomic E-state index is 0.0415. The van der Waals surface area contributed by atoms with Crippen LogP contribution in [0, 0.1) is 13.8 Å². The number of hydrogen-bond donors (Lipinski definition) is 2. The predicted molar refractivity (Wildman–Crippen MR) is 124 cm³/mol. The lowest BCUT2D eigenvalue weighted by Gasteiger charge is -2.11. The number of fused-ring (bicyclic) bond motifs is 2. The Morgan fingerprint density at radius 3 is 2.72 bits per heavy atom. The van der Waals surface area contributed by atoms with Gasteiger partial charge in [0, 0.05) is 28.4 Å². The molecule has 0 aliphatic carbocycles. The van der Waals surface area contributed by atoms with Gasteiger partial charge in [-0.1, -0.05) is 23.9 Å². The van der Waals surface area contributed by atoms with Crippen LogP contribution in [0.25, 0.3) is 16.8 Å². The maximum Gasteiger partial charge on any atom is 0.252 e. The number of benzene rings is 2. The molecule has 1 amide bonds. The summed E-state index contributed by atoms with van der Waals surface area (Å²) < 4.78 is 1.71. The molecule has 0 bridgehead atoms. The fraction of sp³-hybridized carbons (Fsp3) is 0.174. The molecule has 0 saturated carbocycles. The standard InChI is InChI=1S/C23H21N7OS/c1-14-18(15(2)30-22(26-14)24-13-25-30)11-12-21(31)27-16-7-9-17(10-8-16)32-23-28-19-5-3-4-6-20(19)29-23/h3-10,13H,11-12H2,1-2H3,(H,27,31)(H,28,29). The van der Waals surface area contributed by atoms with Gasteiger partial charge in [0.25, 0.3) is 5.78 Å². The number of carbonyl (C=O) groups is 1. The Bertz CT molecular complexity index is 1390. The molecule has 0 radical (unpaired) electrons. The molecule has 2 aromatic carbocycles. The molecule has 9 heteroatoms. The van der Waals surface area contributed by atoms with E-state index < -0.39 is 0 Å². The topological polar surface area (TPSA) is 101 Å². The van der Waals surface area contributed by atoms with Crippen molar-refractivity contribution in [2.24, 2.45) is 0 Å². The Morgan fingerprint density at radius 2 is 1.91 bits per heavy atom. The monoisotopic (exact) mass is 443 g/mol. The van der Waals surface area contributed by atoms with E-state index in [2.05, 4.69) is 30.4 Å². The third-order valence-electron chi connectivity index (χ3n) is 5.31. The van der Waals surface area contributed by atoms with E-state index in [9.17, 15) is 4.79 Å². The van der Waals surface area contributed by atoms with Gasteiger partial charge in [0.2, 0.25) is 5.91 Å². The van der Waals surface area contributed by atoms with Gasteiger partial charge < -0.3 is 10.3 Å². The number of rotatable bonds is 6. The van der Waals surface area contributed by atoms with Crippen LogP contribution in [0.15, 0.2) is 64.9 Å². The van der Waals surface area contributed by atoms with Crippen molar-refractivity contribution >= 4 is 40.2 Å². The van der Waals surface area contributed by atoms with Gasteiger partial charge in [-0.05, 0) is 62.2 Å². The van der Waals surface area contributed by atoms with Crippen molar-refractivity contribution in [3.63, 3.8) is 0 Å². The van der Waals surface area contributed by atoms with Crippen molar-refractivity contribution in [3.05, 3.63) is 71.8 Å². The molecule has 0 aliphatic heterocycles. The Hall–Kier alpha value is -3.72. The molecule has 0 atom stereocenters. The van der Waals surface area contributed by atoms with Crippen LogP contribution in [0.5, 0.6) is 0 Å². The lowest BCUT2D eigenvalue weighted by Crippen LogP contribution is -2.14. The number of aromatic nitrogens is 6. The molecule has 2 N–H and O–H groups in total. The first-order chi connectivity index (χ1) is 15.6. The van der Waals surface area contributed by atoms with Gasteiger partial charge in [0.1, 0.15) is 6.33 Å². The molecular weight excluding hydrogens is 422 g/mol. The van der Waals surface area contributed by atoms with E-state index >= 15 is 0 Å². The van der Waals surface area contributed by atoms with Gasteiger partial charge in [0.15, 0.2) is 5.16 Å². The number of nitrogens with one attached hydrogen (secondary N) is 2. The average Bonchev–Trinajstić information content (AvgIpc) is 3.41. The van der Waals surface area contributed by atoms with Crippen molar-refractivity contribution in [3.8, 4) is 0 Å². The summed E-state index contributed by atoms with van der Waals surface area (Å²) >= 11 is 1.55. The minimum atomic E-state index is -0.0415. The Balaban J connectivity index is 1.20. The molecule has 3 aromatic heterocycles. The highest BCUT2D eigenvalue weighted by molar-refractivity contribution is 7.99. The maximum atomic E-state index is 12.5. The fourth-order valence-electron chi connectivity index (χ4n) is 3.67. The van der Waals surface area contributed by atoms with E-state index in [4.69, 9.17) is 0 Å². The van der Waals surface area contributed by atoms with Crippen LogP contribution in [0.2, 0.25) is 0 Å². The number of H-pyrrole nitrogens is 1. The van der Waals surface area contributed by atoms with Crippen LogP contribution in [0.1, 0.15) is 23.4 Å². The van der Waals surface area contributed by atoms with Crippen molar-refractivity contribution in [1.29, 1.82) is 0 Å². The zero-order valence-electron chi connectivity index (χ0n) is 17.7. The fourth-order valence-corrected chi connectivity index (χ4v) is 4.48. The first kappa shape index (κ1) is 20.2. The molecule has 160 valence electrons. The molecule has 5 aromatic rings. The number of carbonyl (C=O) groups excluding carboxylic acids is 1. The molecule has 0 spiro atoms. The van der Waals surface area contributed by atoms with Crippen molar-refractivity contribution < 1.29 is 4.79 Å². The number of imidazole rings is 1. The molecule has 0 saturated heterocycles. The second-order valence-electron chi connectivity index (χ2n) is 7.47. The van der Waals surface area contributed by atoms with E-state index in [0.717, 1.165) is 43.7 Å². The first-order valence-corrected chi connectivity index (χ1v) is 11.1. The second kappa shape index (κ2) is 8.43. The van der Waals surface area contributed by atoms with E-state index in [1.165, 1.54) is 6.33 Å². The quantitative estimate of drug-likeness (QED) is 0.405. The SMILES string of the molecule is Cc1nc2ncnn2c(C)c1CCC(=O)Nc1ccc(Sc2nc3ccccc3[nH]2)cc1. The van der Waals surface area contributed by atoms with Crippen LogP contribution in [-0.4, -0.2) is 35.5 Å². The normalized spacial score (nSPS) is 11.3. The van der Waals surface area contributed by atoms with Crippen molar-refractivity contribution in [2.45, 2.75) is 36.7 Å². The molecule has 5 rings (SSSR count). The molecule has 8 nitrogen and oxygen atoms in total. The zero-order valence-corrected chi connectivity index (χ0v) is 18.5. The highest BCUT2D eigenvalue weighted by atomic mass is 32.2. The number of aromatic amines is 1. The first-order valence-electron chi connectivity index (χ1n) is 10.2.